The molecule has 188 valence electrons. The number of H-pyrrole nitrogens is 1. The highest BCUT2D eigenvalue weighted by atomic mass is 16.4. The summed E-state index contributed by atoms with van der Waals surface area (Å²) in [6.45, 7) is -0.486. The topological polar surface area (TPSA) is 281 Å². The second-order valence-corrected chi connectivity index (χ2v) is 7.17. The van der Waals surface area contributed by atoms with Crippen LogP contribution in [-0.4, -0.2) is 87.0 Å². The molecule has 0 radical (unpaired) electrons. The molecule has 1 heterocycles. The van der Waals surface area contributed by atoms with Crippen molar-refractivity contribution in [3.05, 3.63) is 18.2 Å². The minimum atomic E-state index is -1.51. The van der Waals surface area contributed by atoms with Gasteiger partial charge in [0.15, 0.2) is 5.96 Å². The van der Waals surface area contributed by atoms with Crippen molar-refractivity contribution in [3.63, 3.8) is 0 Å². The van der Waals surface area contributed by atoms with E-state index < -0.39 is 60.8 Å². The summed E-state index contributed by atoms with van der Waals surface area (Å²) in [5.41, 5.74) is 16.7. The van der Waals surface area contributed by atoms with E-state index in [1.807, 2.05) is 0 Å². The molecule has 0 bridgehead atoms. The number of carbonyl (C=O) groups is 5. The van der Waals surface area contributed by atoms with Crippen molar-refractivity contribution in [2.75, 3.05) is 13.1 Å². The molecule has 3 unspecified atom stereocenters. The highest BCUT2D eigenvalue weighted by molar-refractivity contribution is 5.94. The van der Waals surface area contributed by atoms with Crippen molar-refractivity contribution in [1.82, 2.24) is 25.9 Å². The number of nitrogens with two attached hydrogens (primary N) is 3. The fraction of sp³-hybridized carbons (Fsp3) is 0.500. The van der Waals surface area contributed by atoms with Gasteiger partial charge >= 0.3 is 11.9 Å². The first kappa shape index (κ1) is 27.8. The highest BCUT2D eigenvalue weighted by Gasteiger charge is 2.27. The lowest BCUT2D eigenvalue weighted by Crippen LogP contribution is -2.54. The molecule has 34 heavy (non-hydrogen) atoms. The normalized spacial score (nSPS) is 13.1. The maximum absolute atomic E-state index is 12.4. The molecule has 0 aliphatic carbocycles. The van der Waals surface area contributed by atoms with Gasteiger partial charge in [0.2, 0.25) is 17.7 Å². The van der Waals surface area contributed by atoms with E-state index in [-0.39, 0.29) is 31.8 Å². The molecule has 3 amide bonds. The van der Waals surface area contributed by atoms with E-state index in [0.717, 1.165) is 0 Å². The van der Waals surface area contributed by atoms with Gasteiger partial charge in [0.05, 0.1) is 25.3 Å². The van der Waals surface area contributed by atoms with Crippen molar-refractivity contribution in [2.45, 2.75) is 43.8 Å². The lowest BCUT2D eigenvalue weighted by molar-refractivity contribution is -0.142. The number of carboxylic acids is 2. The van der Waals surface area contributed by atoms with Crippen LogP contribution in [0.25, 0.3) is 0 Å². The maximum Gasteiger partial charge on any atom is 0.326 e. The third-order valence-corrected chi connectivity index (χ3v) is 4.34. The van der Waals surface area contributed by atoms with Gasteiger partial charge in [-0.3, -0.25) is 24.2 Å². The Bertz CT molecular complexity index is 884. The van der Waals surface area contributed by atoms with E-state index in [0.29, 0.717) is 5.69 Å². The molecule has 0 saturated carbocycles. The lowest BCUT2D eigenvalue weighted by atomic mass is 10.1. The Balaban J connectivity index is 2.60. The largest absolute Gasteiger partial charge is 0.481 e. The summed E-state index contributed by atoms with van der Waals surface area (Å²) < 4.78 is 0. The molecular weight excluding hydrogens is 454 g/mol. The Labute approximate surface area is 193 Å². The van der Waals surface area contributed by atoms with Gasteiger partial charge in [-0.2, -0.15) is 0 Å². The van der Waals surface area contributed by atoms with Crippen LogP contribution < -0.4 is 33.2 Å². The zero-order valence-electron chi connectivity index (χ0n) is 18.2. The summed E-state index contributed by atoms with van der Waals surface area (Å²) in [5, 5.41) is 24.9. The molecule has 16 nitrogen and oxygen atoms in total. The fourth-order valence-corrected chi connectivity index (χ4v) is 2.69. The Morgan fingerprint density at radius 2 is 1.79 bits per heavy atom. The van der Waals surface area contributed by atoms with E-state index in [4.69, 9.17) is 22.3 Å². The van der Waals surface area contributed by atoms with E-state index in [1.165, 1.54) is 12.5 Å². The number of hydrogen-bond acceptors (Lipinski definition) is 8. The van der Waals surface area contributed by atoms with Gasteiger partial charge in [-0.15, -0.1) is 0 Å². The van der Waals surface area contributed by atoms with Crippen molar-refractivity contribution in [2.24, 2.45) is 22.2 Å². The number of carboxylic acid groups (broad SMARTS) is 2. The van der Waals surface area contributed by atoms with Crippen LogP contribution in [0.3, 0.4) is 0 Å². The van der Waals surface area contributed by atoms with Crippen LogP contribution in [0, 0.1) is 0 Å². The van der Waals surface area contributed by atoms with Gasteiger partial charge in [-0.05, 0) is 12.8 Å². The fourth-order valence-electron chi connectivity index (χ4n) is 2.69. The molecule has 3 atom stereocenters. The number of rotatable bonds is 15. The summed E-state index contributed by atoms with van der Waals surface area (Å²) in [4.78, 5) is 69.4. The summed E-state index contributed by atoms with van der Waals surface area (Å²) in [6, 6.07) is -3.86. The van der Waals surface area contributed by atoms with Gasteiger partial charge in [-0.25, -0.2) is 9.78 Å². The molecule has 1 aromatic heterocycles. The van der Waals surface area contributed by atoms with Crippen molar-refractivity contribution < 1.29 is 34.2 Å². The Morgan fingerprint density at radius 1 is 1.09 bits per heavy atom. The Morgan fingerprint density at radius 3 is 2.35 bits per heavy atom. The number of carbonyl (C=O) groups excluding carboxylic acids is 3. The Hall–Kier alpha value is -4.21. The quantitative estimate of drug-likeness (QED) is 0.0657. The number of aliphatic imine (C=N–C) groups is 1. The molecule has 0 aromatic carbocycles. The van der Waals surface area contributed by atoms with Crippen LogP contribution in [-0.2, 0) is 30.4 Å². The smallest absolute Gasteiger partial charge is 0.326 e. The number of guanidine groups is 1. The number of aromatic amines is 1. The standard InChI is InChI=1S/C18H29N9O7/c19-10(4-9-6-22-8-25-9)15(31)27-12(5-14(29)30)16(32)24-7-13(28)26-11(17(33)34)2-1-3-23-18(20)21/h6,8,10-12H,1-5,7,19H2,(H,22,25)(H,24,32)(H,26,28)(H,27,31)(H,29,30)(H,33,34)(H4,20,21,23). The third kappa shape index (κ3) is 10.9. The van der Waals surface area contributed by atoms with Crippen LogP contribution in [0.5, 0.6) is 0 Å². The first-order valence-corrected chi connectivity index (χ1v) is 10.1. The number of aliphatic carboxylic acids is 2. The monoisotopic (exact) mass is 483 g/mol. The first-order valence-electron chi connectivity index (χ1n) is 10.1. The summed E-state index contributed by atoms with van der Waals surface area (Å²) in [6.07, 6.45) is 2.45. The van der Waals surface area contributed by atoms with Gasteiger partial charge < -0.3 is 48.3 Å². The first-order chi connectivity index (χ1) is 16.0. The molecule has 1 rings (SSSR count). The van der Waals surface area contributed by atoms with Crippen molar-refractivity contribution in [1.29, 1.82) is 0 Å². The number of aromatic nitrogens is 2. The molecule has 0 saturated heterocycles. The number of hydrogen-bond donors (Lipinski definition) is 9. The predicted octanol–water partition coefficient (Wildman–Crippen LogP) is -4.02. The van der Waals surface area contributed by atoms with Crippen LogP contribution in [0.15, 0.2) is 17.5 Å². The average molecular weight is 483 g/mol. The molecule has 16 heteroatoms. The molecule has 0 spiro atoms. The van der Waals surface area contributed by atoms with Crippen molar-refractivity contribution in [3.8, 4) is 0 Å². The van der Waals surface area contributed by atoms with E-state index in [1.54, 1.807) is 0 Å². The van der Waals surface area contributed by atoms with Gasteiger partial charge in [0.1, 0.15) is 12.1 Å². The number of imidazole rings is 1. The third-order valence-electron chi connectivity index (χ3n) is 4.34. The summed E-state index contributed by atoms with van der Waals surface area (Å²) in [5.74, 6) is -5.40. The van der Waals surface area contributed by atoms with Crippen LogP contribution in [0.1, 0.15) is 25.0 Å². The minimum absolute atomic E-state index is 0.0255. The highest BCUT2D eigenvalue weighted by Crippen LogP contribution is 2.00. The Kier molecular flexibility index (Phi) is 11.5. The van der Waals surface area contributed by atoms with E-state index in [2.05, 4.69) is 30.9 Å². The molecule has 0 fully saturated rings. The summed E-state index contributed by atoms with van der Waals surface area (Å²) in [7, 11) is 0. The number of nitrogens with zero attached hydrogens (tertiary/aromatic N) is 2. The van der Waals surface area contributed by atoms with Gasteiger partial charge in [0.25, 0.3) is 0 Å². The molecule has 12 N–H and O–H groups in total. The summed E-state index contributed by atoms with van der Waals surface area (Å²) >= 11 is 0. The average Bonchev–Trinajstić information content (AvgIpc) is 3.25. The van der Waals surface area contributed by atoms with E-state index >= 15 is 0 Å². The second-order valence-electron chi connectivity index (χ2n) is 7.17. The van der Waals surface area contributed by atoms with Crippen LogP contribution >= 0.6 is 0 Å². The SMILES string of the molecule is NC(N)=NCCCC(NC(=O)CNC(=O)C(CC(=O)O)NC(=O)C(N)Cc1cnc[nH]1)C(=O)O. The molecule has 1 aromatic rings. The minimum Gasteiger partial charge on any atom is -0.481 e. The van der Waals surface area contributed by atoms with Crippen LogP contribution in [0.4, 0.5) is 0 Å². The van der Waals surface area contributed by atoms with E-state index in [9.17, 15) is 29.1 Å². The molecule has 0 aliphatic rings. The zero-order valence-corrected chi connectivity index (χ0v) is 18.2. The van der Waals surface area contributed by atoms with Crippen LogP contribution in [0.2, 0.25) is 0 Å². The molecular formula is C18H29N9O7. The van der Waals surface area contributed by atoms with Gasteiger partial charge in [-0.1, -0.05) is 0 Å². The van der Waals surface area contributed by atoms with Crippen molar-refractivity contribution >= 4 is 35.6 Å². The number of amides is 3. The number of nitrogens with one attached hydrogen (secondary N) is 4. The lowest BCUT2D eigenvalue weighted by Gasteiger charge is -2.19. The maximum atomic E-state index is 12.4. The second kappa shape index (κ2) is 14.0. The predicted molar refractivity (Wildman–Crippen MR) is 117 cm³/mol. The zero-order chi connectivity index (χ0) is 25.7. The van der Waals surface area contributed by atoms with Gasteiger partial charge in [0, 0.05) is 24.9 Å². The molecule has 0 aliphatic heterocycles.